The van der Waals surface area contributed by atoms with E-state index in [1.807, 2.05) is 0 Å². The van der Waals surface area contributed by atoms with E-state index in [0.717, 1.165) is 11.6 Å². The number of benzene rings is 2. The normalized spacial score (nSPS) is 12.0. The maximum atomic E-state index is 13.7. The molecule has 0 spiro atoms. The lowest BCUT2D eigenvalue weighted by atomic mass is 10.2. The minimum atomic E-state index is -4.27. The molecule has 2 aromatic rings. The third kappa shape index (κ3) is 4.33. The molecule has 0 heterocycles. The molecule has 0 saturated heterocycles. The number of hydrogen-bond acceptors (Lipinski definition) is 6. The largest absolute Gasteiger partial charge is 0.454 e. The topological polar surface area (TPSA) is 95.7 Å². The Balaban J connectivity index is 2.33. The van der Waals surface area contributed by atoms with E-state index in [0.29, 0.717) is 6.07 Å². The summed E-state index contributed by atoms with van der Waals surface area (Å²) < 4.78 is 61.7. The zero-order valence-corrected chi connectivity index (χ0v) is 14.8. The van der Waals surface area contributed by atoms with E-state index in [1.54, 1.807) is 19.1 Å². The van der Waals surface area contributed by atoms with E-state index in [2.05, 4.69) is 0 Å². The van der Waals surface area contributed by atoms with Crippen LogP contribution in [0.3, 0.4) is 0 Å². The van der Waals surface area contributed by atoms with Crippen LogP contribution >= 0.6 is 0 Å². The maximum absolute atomic E-state index is 13.7. The molecule has 2 aromatic carbocycles. The second kappa shape index (κ2) is 6.96. The molecule has 0 atom stereocenters. The molecule has 26 heavy (non-hydrogen) atoms. The molecule has 0 aliphatic rings. The first-order valence-electron chi connectivity index (χ1n) is 7.27. The van der Waals surface area contributed by atoms with Gasteiger partial charge in [-0.1, -0.05) is 17.7 Å². The van der Waals surface area contributed by atoms with Crippen LogP contribution in [0.4, 0.5) is 14.5 Å². The molecule has 140 valence electrons. The number of nitrogens with zero attached hydrogens (tertiary/aromatic N) is 1. The Morgan fingerprint density at radius 1 is 1.08 bits per heavy atom. The predicted molar refractivity (Wildman–Crippen MR) is 87.2 cm³/mol. The SMILES string of the molecule is Cc1ccc(S(=O)(=O)OC(C)(C)Oc2ccc(F)c(F)c2[N+](=O)[O-])cc1. The van der Waals surface area contributed by atoms with Crippen LogP contribution < -0.4 is 4.74 Å². The summed E-state index contributed by atoms with van der Waals surface area (Å²) in [7, 11) is -4.27. The van der Waals surface area contributed by atoms with Crippen molar-refractivity contribution in [1.29, 1.82) is 0 Å². The highest BCUT2D eigenvalue weighted by atomic mass is 32.2. The summed E-state index contributed by atoms with van der Waals surface area (Å²) in [6, 6.07) is 7.21. The summed E-state index contributed by atoms with van der Waals surface area (Å²) in [6.45, 7) is 4.11. The quantitative estimate of drug-likeness (QED) is 0.325. The fraction of sp³-hybridized carbons (Fsp3) is 0.250. The average molecular weight is 387 g/mol. The van der Waals surface area contributed by atoms with Gasteiger partial charge in [-0.05, 0) is 31.2 Å². The van der Waals surface area contributed by atoms with Crippen LogP contribution in [0.15, 0.2) is 41.3 Å². The van der Waals surface area contributed by atoms with Crippen LogP contribution in [-0.2, 0) is 14.3 Å². The summed E-state index contributed by atoms with van der Waals surface area (Å²) in [5.74, 6) is -5.75. The molecule has 0 aromatic heterocycles. The van der Waals surface area contributed by atoms with E-state index >= 15 is 0 Å². The summed E-state index contributed by atoms with van der Waals surface area (Å²) in [6.07, 6.45) is 0. The van der Waals surface area contributed by atoms with Gasteiger partial charge in [-0.3, -0.25) is 10.1 Å². The smallest absolute Gasteiger partial charge is 0.349 e. The number of nitro groups is 1. The van der Waals surface area contributed by atoms with Gasteiger partial charge in [0.05, 0.1) is 9.82 Å². The van der Waals surface area contributed by atoms with E-state index in [-0.39, 0.29) is 4.90 Å². The summed E-state index contributed by atoms with van der Waals surface area (Å²) >= 11 is 0. The van der Waals surface area contributed by atoms with Gasteiger partial charge in [0, 0.05) is 13.8 Å². The number of rotatable bonds is 6. The lowest BCUT2D eigenvalue weighted by molar-refractivity contribution is -0.389. The first-order chi connectivity index (χ1) is 11.9. The van der Waals surface area contributed by atoms with Gasteiger partial charge < -0.3 is 4.74 Å². The van der Waals surface area contributed by atoms with Gasteiger partial charge in [-0.25, -0.2) is 8.57 Å². The monoisotopic (exact) mass is 387 g/mol. The first-order valence-corrected chi connectivity index (χ1v) is 8.67. The predicted octanol–water partition coefficient (Wildman–Crippen LogP) is 3.70. The maximum Gasteiger partial charge on any atom is 0.349 e. The van der Waals surface area contributed by atoms with Crippen molar-refractivity contribution in [3.05, 3.63) is 63.7 Å². The van der Waals surface area contributed by atoms with Crippen LogP contribution in [0.25, 0.3) is 0 Å². The first kappa shape index (κ1) is 19.7. The third-order valence-corrected chi connectivity index (χ3v) is 4.66. The van der Waals surface area contributed by atoms with E-state index < -0.39 is 43.9 Å². The summed E-state index contributed by atoms with van der Waals surface area (Å²) in [4.78, 5) is 9.66. The van der Waals surface area contributed by atoms with E-state index in [1.165, 1.54) is 26.0 Å². The second-order valence-electron chi connectivity index (χ2n) is 5.82. The van der Waals surface area contributed by atoms with Crippen molar-refractivity contribution in [2.24, 2.45) is 0 Å². The summed E-state index contributed by atoms with van der Waals surface area (Å²) in [5.41, 5.74) is -0.425. The Hall–Kier alpha value is -2.59. The molecule has 0 amide bonds. The van der Waals surface area contributed by atoms with Crippen molar-refractivity contribution < 1.29 is 31.0 Å². The molecular weight excluding hydrogens is 372 g/mol. The van der Waals surface area contributed by atoms with Crippen molar-refractivity contribution >= 4 is 15.8 Å². The minimum absolute atomic E-state index is 0.153. The van der Waals surface area contributed by atoms with Crippen molar-refractivity contribution in [1.82, 2.24) is 0 Å². The summed E-state index contributed by atoms with van der Waals surface area (Å²) in [5, 5.41) is 11.0. The number of hydrogen-bond donors (Lipinski definition) is 0. The van der Waals surface area contributed by atoms with Crippen molar-refractivity contribution in [3.63, 3.8) is 0 Å². The average Bonchev–Trinajstić information content (AvgIpc) is 2.49. The number of halogens is 2. The molecule has 0 aliphatic carbocycles. The zero-order chi connectivity index (χ0) is 19.7. The number of nitro benzene ring substituents is 1. The van der Waals surface area contributed by atoms with Gasteiger partial charge in [-0.15, -0.1) is 0 Å². The number of aryl methyl sites for hydroxylation is 1. The van der Waals surface area contributed by atoms with Crippen molar-refractivity contribution in [2.45, 2.75) is 31.5 Å². The van der Waals surface area contributed by atoms with Gasteiger partial charge in [0.2, 0.25) is 17.4 Å². The Morgan fingerprint density at radius 2 is 1.65 bits per heavy atom. The molecular formula is C16H15F2NO6S. The van der Waals surface area contributed by atoms with Crippen molar-refractivity contribution in [3.8, 4) is 5.75 Å². The zero-order valence-electron chi connectivity index (χ0n) is 14.0. The molecule has 0 radical (unpaired) electrons. The van der Waals surface area contributed by atoms with Crippen LogP contribution in [0, 0.1) is 28.7 Å². The molecule has 0 saturated carbocycles. The van der Waals surface area contributed by atoms with Crippen LogP contribution in [0.2, 0.25) is 0 Å². The molecule has 0 fully saturated rings. The second-order valence-corrected chi connectivity index (χ2v) is 7.36. The molecule has 0 unspecified atom stereocenters. The van der Waals surface area contributed by atoms with Gasteiger partial charge >= 0.3 is 5.69 Å². The highest BCUT2D eigenvalue weighted by Crippen LogP contribution is 2.35. The lowest BCUT2D eigenvalue weighted by Crippen LogP contribution is -2.35. The highest BCUT2D eigenvalue weighted by Gasteiger charge is 2.34. The van der Waals surface area contributed by atoms with Crippen LogP contribution in [-0.4, -0.2) is 19.1 Å². The van der Waals surface area contributed by atoms with Crippen LogP contribution in [0.5, 0.6) is 5.75 Å². The Morgan fingerprint density at radius 3 is 2.19 bits per heavy atom. The highest BCUT2D eigenvalue weighted by molar-refractivity contribution is 7.86. The van der Waals surface area contributed by atoms with Gasteiger partial charge in [-0.2, -0.15) is 12.8 Å². The molecule has 7 nitrogen and oxygen atoms in total. The molecule has 0 aliphatic heterocycles. The Bertz CT molecular complexity index is 942. The fourth-order valence-electron chi connectivity index (χ4n) is 2.07. The van der Waals surface area contributed by atoms with E-state index in [4.69, 9.17) is 8.92 Å². The fourth-order valence-corrected chi connectivity index (χ4v) is 3.20. The van der Waals surface area contributed by atoms with Gasteiger partial charge in [0.15, 0.2) is 5.82 Å². The van der Waals surface area contributed by atoms with E-state index in [9.17, 15) is 27.3 Å². The van der Waals surface area contributed by atoms with Gasteiger partial charge in [0.1, 0.15) is 0 Å². The molecule has 0 bridgehead atoms. The Labute approximate surface area is 148 Å². The Kier molecular flexibility index (Phi) is 5.28. The standard InChI is InChI=1S/C16H15F2NO6S/c1-10-4-6-11(7-5-10)26(22,23)25-16(2,3)24-13-9-8-12(17)14(18)15(13)19(20)21/h4-9H,1-3H3. The molecule has 0 N–H and O–H groups in total. The van der Waals surface area contributed by atoms with Gasteiger partial charge in [0.25, 0.3) is 10.1 Å². The lowest BCUT2D eigenvalue weighted by Gasteiger charge is -2.25. The minimum Gasteiger partial charge on any atom is -0.454 e. The molecule has 2 rings (SSSR count). The third-order valence-electron chi connectivity index (χ3n) is 3.19. The van der Waals surface area contributed by atoms with Crippen molar-refractivity contribution in [2.75, 3.05) is 0 Å². The number of ether oxygens (including phenoxy) is 1. The van der Waals surface area contributed by atoms with Crippen LogP contribution in [0.1, 0.15) is 19.4 Å². The molecule has 10 heteroatoms.